The lowest BCUT2D eigenvalue weighted by atomic mass is 9.90. The third-order valence-electron chi connectivity index (χ3n) is 5.30. The van der Waals surface area contributed by atoms with Crippen LogP contribution in [0.4, 0.5) is 10.1 Å². The Bertz CT molecular complexity index is 551. The van der Waals surface area contributed by atoms with Crippen LogP contribution in [0.25, 0.3) is 0 Å². The van der Waals surface area contributed by atoms with Crippen LogP contribution in [0.1, 0.15) is 18.4 Å². The van der Waals surface area contributed by atoms with Crippen molar-refractivity contribution in [3.8, 4) is 0 Å². The number of anilines is 1. The number of rotatable bonds is 3. The van der Waals surface area contributed by atoms with E-state index in [2.05, 4.69) is 24.0 Å². The number of aryl methyl sites for hydroxylation is 1. The van der Waals surface area contributed by atoms with Gasteiger partial charge in [0.1, 0.15) is 11.8 Å². The summed E-state index contributed by atoms with van der Waals surface area (Å²) in [6, 6.07) is 8.14. The molecule has 2 aliphatic rings. The van der Waals surface area contributed by atoms with Crippen LogP contribution in [-0.4, -0.2) is 76.9 Å². The van der Waals surface area contributed by atoms with Crippen LogP contribution in [0, 0.1) is 6.92 Å². The number of nitrogens with zero attached hydrogens (tertiary/aromatic N) is 2. The number of piperidine rings is 2. The zero-order chi connectivity index (χ0) is 17.3. The van der Waals surface area contributed by atoms with Crippen LogP contribution < -0.4 is 4.90 Å². The Kier molecular flexibility index (Phi) is 5.11. The van der Waals surface area contributed by atoms with Gasteiger partial charge in [0.25, 0.3) is 0 Å². The first-order valence-electron chi connectivity index (χ1n) is 8.64. The standard InChI is InChI=1S/C18H27FN2O3/c1-13-4-2-3-5-14(13)21-8-6-18(19,7-9-21)12-20-10-15(22)17(24)16(23)11-20/h2-5,15-17,22-24H,6-12H2,1H3/t15-,16+,17+. The Morgan fingerprint density at radius 3 is 2.25 bits per heavy atom. The summed E-state index contributed by atoms with van der Waals surface area (Å²) in [5.41, 5.74) is 1.03. The number of alkyl halides is 1. The fourth-order valence-corrected chi connectivity index (χ4v) is 3.83. The summed E-state index contributed by atoms with van der Waals surface area (Å²) in [7, 11) is 0. The Labute approximate surface area is 142 Å². The van der Waals surface area contributed by atoms with Gasteiger partial charge in [-0.2, -0.15) is 0 Å². The molecular weight excluding hydrogens is 311 g/mol. The van der Waals surface area contributed by atoms with E-state index in [1.54, 1.807) is 4.90 Å². The zero-order valence-corrected chi connectivity index (χ0v) is 14.1. The summed E-state index contributed by atoms with van der Waals surface area (Å²) in [5, 5.41) is 29.1. The molecule has 2 saturated heterocycles. The normalized spacial score (nSPS) is 31.2. The molecule has 0 aliphatic carbocycles. The third-order valence-corrected chi connectivity index (χ3v) is 5.30. The van der Waals surface area contributed by atoms with E-state index in [9.17, 15) is 15.3 Å². The maximum Gasteiger partial charge on any atom is 0.127 e. The first-order valence-corrected chi connectivity index (χ1v) is 8.64. The minimum atomic E-state index is -1.32. The lowest BCUT2D eigenvalue weighted by Gasteiger charge is -2.43. The Morgan fingerprint density at radius 1 is 1.08 bits per heavy atom. The molecular formula is C18H27FN2O3. The Balaban J connectivity index is 1.58. The summed E-state index contributed by atoms with van der Waals surface area (Å²) in [6.45, 7) is 3.96. The molecule has 3 atom stereocenters. The molecule has 2 fully saturated rings. The minimum absolute atomic E-state index is 0.190. The highest BCUT2D eigenvalue weighted by Crippen LogP contribution is 2.32. The topological polar surface area (TPSA) is 67.2 Å². The fraction of sp³-hybridized carbons (Fsp3) is 0.667. The number of halogens is 1. The highest BCUT2D eigenvalue weighted by Gasteiger charge is 2.40. The van der Waals surface area contributed by atoms with E-state index >= 15 is 4.39 Å². The summed E-state index contributed by atoms with van der Waals surface area (Å²) in [5.74, 6) is 0. The van der Waals surface area contributed by atoms with Crippen molar-refractivity contribution in [2.24, 2.45) is 0 Å². The molecule has 0 unspecified atom stereocenters. The molecule has 0 radical (unpaired) electrons. The van der Waals surface area contributed by atoms with Gasteiger partial charge in [0, 0.05) is 51.3 Å². The van der Waals surface area contributed by atoms with Crippen LogP contribution in [0.5, 0.6) is 0 Å². The molecule has 0 amide bonds. The second-order valence-electron chi connectivity index (χ2n) is 7.24. The minimum Gasteiger partial charge on any atom is -0.389 e. The molecule has 6 heteroatoms. The van der Waals surface area contributed by atoms with Crippen molar-refractivity contribution in [1.82, 2.24) is 4.90 Å². The van der Waals surface area contributed by atoms with Crippen molar-refractivity contribution in [3.63, 3.8) is 0 Å². The first kappa shape index (κ1) is 17.6. The van der Waals surface area contributed by atoms with Crippen molar-refractivity contribution in [2.45, 2.75) is 43.7 Å². The van der Waals surface area contributed by atoms with Gasteiger partial charge in [0.15, 0.2) is 0 Å². The van der Waals surface area contributed by atoms with Gasteiger partial charge in [-0.25, -0.2) is 4.39 Å². The molecule has 0 bridgehead atoms. The van der Waals surface area contributed by atoms with E-state index in [0.29, 0.717) is 25.9 Å². The second kappa shape index (κ2) is 6.96. The average molecular weight is 338 g/mol. The molecule has 1 aromatic carbocycles. The van der Waals surface area contributed by atoms with E-state index < -0.39 is 24.0 Å². The van der Waals surface area contributed by atoms with Crippen LogP contribution in [0.15, 0.2) is 24.3 Å². The summed E-state index contributed by atoms with van der Waals surface area (Å²) in [6.07, 6.45) is -2.34. The predicted octanol–water partition coefficient (Wildman–Crippen LogP) is 0.702. The fourth-order valence-electron chi connectivity index (χ4n) is 3.83. The van der Waals surface area contributed by atoms with Gasteiger partial charge in [-0.3, -0.25) is 4.90 Å². The van der Waals surface area contributed by atoms with Gasteiger partial charge in [-0.1, -0.05) is 18.2 Å². The van der Waals surface area contributed by atoms with Crippen molar-refractivity contribution in [2.75, 3.05) is 37.6 Å². The summed E-state index contributed by atoms with van der Waals surface area (Å²) >= 11 is 0. The number of aliphatic hydroxyl groups excluding tert-OH is 3. The van der Waals surface area contributed by atoms with Gasteiger partial charge in [0.2, 0.25) is 0 Å². The van der Waals surface area contributed by atoms with Crippen molar-refractivity contribution in [3.05, 3.63) is 29.8 Å². The Morgan fingerprint density at radius 2 is 1.67 bits per heavy atom. The van der Waals surface area contributed by atoms with Gasteiger partial charge < -0.3 is 20.2 Å². The van der Waals surface area contributed by atoms with Crippen LogP contribution in [0.2, 0.25) is 0 Å². The smallest absolute Gasteiger partial charge is 0.127 e. The summed E-state index contributed by atoms with van der Waals surface area (Å²) in [4.78, 5) is 3.95. The maximum atomic E-state index is 15.2. The molecule has 2 heterocycles. The van der Waals surface area contributed by atoms with Crippen molar-refractivity contribution in [1.29, 1.82) is 0 Å². The summed E-state index contributed by atoms with van der Waals surface area (Å²) < 4.78 is 15.2. The quantitative estimate of drug-likeness (QED) is 0.757. The highest BCUT2D eigenvalue weighted by atomic mass is 19.1. The van der Waals surface area contributed by atoms with Crippen molar-refractivity contribution < 1.29 is 19.7 Å². The molecule has 0 aromatic heterocycles. The first-order chi connectivity index (χ1) is 11.4. The van der Waals surface area contributed by atoms with Gasteiger partial charge >= 0.3 is 0 Å². The van der Waals surface area contributed by atoms with E-state index in [4.69, 9.17) is 0 Å². The zero-order valence-electron chi connectivity index (χ0n) is 14.1. The molecule has 134 valence electrons. The van der Waals surface area contributed by atoms with Crippen molar-refractivity contribution >= 4 is 5.69 Å². The average Bonchev–Trinajstić information content (AvgIpc) is 2.54. The molecule has 0 spiro atoms. The van der Waals surface area contributed by atoms with Gasteiger partial charge in [-0.05, 0) is 18.6 Å². The molecule has 3 rings (SSSR count). The van der Waals surface area contributed by atoms with E-state index in [0.717, 1.165) is 5.69 Å². The third kappa shape index (κ3) is 3.72. The molecule has 3 N–H and O–H groups in total. The van der Waals surface area contributed by atoms with E-state index in [1.165, 1.54) is 5.56 Å². The largest absolute Gasteiger partial charge is 0.389 e. The van der Waals surface area contributed by atoms with Gasteiger partial charge in [-0.15, -0.1) is 0 Å². The molecule has 5 nitrogen and oxygen atoms in total. The van der Waals surface area contributed by atoms with Crippen LogP contribution in [0.3, 0.4) is 0 Å². The monoisotopic (exact) mass is 338 g/mol. The molecule has 0 saturated carbocycles. The van der Waals surface area contributed by atoms with Crippen LogP contribution >= 0.6 is 0 Å². The van der Waals surface area contributed by atoms with E-state index in [-0.39, 0.29) is 19.6 Å². The second-order valence-corrected chi connectivity index (χ2v) is 7.24. The number of benzene rings is 1. The van der Waals surface area contributed by atoms with Gasteiger partial charge in [0.05, 0.1) is 12.2 Å². The number of β-amino-alcohol motifs (C(OH)–C–C–N with tert-alkyl or cyclic N) is 2. The van der Waals surface area contributed by atoms with Crippen LogP contribution in [-0.2, 0) is 0 Å². The predicted molar refractivity (Wildman–Crippen MR) is 90.9 cm³/mol. The van der Waals surface area contributed by atoms with E-state index in [1.807, 2.05) is 12.1 Å². The number of hydrogen-bond donors (Lipinski definition) is 3. The Hall–Kier alpha value is -1.21. The molecule has 2 aliphatic heterocycles. The molecule has 24 heavy (non-hydrogen) atoms. The highest BCUT2D eigenvalue weighted by molar-refractivity contribution is 5.53. The number of hydrogen-bond acceptors (Lipinski definition) is 5. The lowest BCUT2D eigenvalue weighted by molar-refractivity contribution is -0.118. The number of aliphatic hydroxyl groups is 3. The molecule has 1 aromatic rings. The maximum absolute atomic E-state index is 15.2. The lowest BCUT2D eigenvalue weighted by Crippen LogP contribution is -2.58. The number of likely N-dealkylation sites (tertiary alicyclic amines) is 1. The number of para-hydroxylation sites is 1. The SMILES string of the molecule is Cc1ccccc1N1CCC(F)(CN2C[C@@H](O)[C@H](O)[C@@H](O)C2)CC1.